The van der Waals surface area contributed by atoms with Gasteiger partial charge in [-0.2, -0.15) is 0 Å². The number of rotatable bonds is 9. The van der Waals surface area contributed by atoms with Crippen LogP contribution in [0.15, 0.2) is 4.99 Å². The third-order valence-corrected chi connectivity index (χ3v) is 2.66. The molecule has 0 aliphatic heterocycles. The van der Waals surface area contributed by atoms with E-state index in [9.17, 15) is 0 Å². The minimum atomic E-state index is 0. The van der Waals surface area contributed by atoms with Crippen molar-refractivity contribution in [2.45, 2.75) is 20.3 Å². The van der Waals surface area contributed by atoms with Crippen molar-refractivity contribution in [2.75, 3.05) is 53.5 Å². The van der Waals surface area contributed by atoms with Gasteiger partial charge in [-0.3, -0.25) is 4.99 Å². The standard InChI is InChI=1S/C12H28N4O.HI/c1-5-16(6-2)10-9-15-12(13-3)14-8-7-11-17-4;/h5-11H2,1-4H3,(H2,13,14,15);1H. The summed E-state index contributed by atoms with van der Waals surface area (Å²) in [6.45, 7) is 10.2. The van der Waals surface area contributed by atoms with Crippen molar-refractivity contribution in [3.05, 3.63) is 0 Å². The summed E-state index contributed by atoms with van der Waals surface area (Å²) in [4.78, 5) is 6.55. The molecular formula is C12H29IN4O. The van der Waals surface area contributed by atoms with Gasteiger partial charge in [-0.15, -0.1) is 24.0 Å². The molecule has 0 aliphatic carbocycles. The summed E-state index contributed by atoms with van der Waals surface area (Å²) >= 11 is 0. The van der Waals surface area contributed by atoms with Gasteiger partial charge in [0.25, 0.3) is 0 Å². The van der Waals surface area contributed by atoms with Crippen molar-refractivity contribution >= 4 is 29.9 Å². The fourth-order valence-electron chi connectivity index (χ4n) is 1.52. The van der Waals surface area contributed by atoms with Gasteiger partial charge in [0.15, 0.2) is 5.96 Å². The minimum absolute atomic E-state index is 0. The molecule has 18 heavy (non-hydrogen) atoms. The second-order valence-electron chi connectivity index (χ2n) is 3.80. The zero-order valence-electron chi connectivity index (χ0n) is 12.2. The molecule has 0 fully saturated rings. The van der Waals surface area contributed by atoms with Gasteiger partial charge < -0.3 is 20.3 Å². The first-order valence-electron chi connectivity index (χ1n) is 6.44. The van der Waals surface area contributed by atoms with Crippen LogP contribution in [0.25, 0.3) is 0 Å². The molecule has 110 valence electrons. The van der Waals surface area contributed by atoms with Crippen LogP contribution in [0.3, 0.4) is 0 Å². The van der Waals surface area contributed by atoms with E-state index in [0.717, 1.165) is 51.7 Å². The first kappa shape index (κ1) is 20.2. The normalized spacial score (nSPS) is 11.3. The number of hydrogen-bond donors (Lipinski definition) is 2. The Kier molecular flexibility index (Phi) is 16.8. The minimum Gasteiger partial charge on any atom is -0.385 e. The van der Waals surface area contributed by atoms with Gasteiger partial charge in [-0.25, -0.2) is 0 Å². The Morgan fingerprint density at radius 1 is 1.17 bits per heavy atom. The molecule has 0 unspecified atom stereocenters. The molecule has 0 bridgehead atoms. The van der Waals surface area contributed by atoms with Crippen LogP contribution in [-0.4, -0.2) is 64.3 Å². The largest absolute Gasteiger partial charge is 0.385 e. The molecule has 0 amide bonds. The molecule has 0 aromatic heterocycles. The molecule has 0 saturated heterocycles. The number of halogens is 1. The Hall–Kier alpha value is -0.0800. The van der Waals surface area contributed by atoms with Crippen LogP contribution in [0.1, 0.15) is 20.3 Å². The van der Waals surface area contributed by atoms with Crippen molar-refractivity contribution in [3.63, 3.8) is 0 Å². The van der Waals surface area contributed by atoms with Gasteiger partial charge in [-0.05, 0) is 19.5 Å². The molecule has 0 aliphatic rings. The van der Waals surface area contributed by atoms with Crippen LogP contribution in [0, 0.1) is 0 Å². The van der Waals surface area contributed by atoms with E-state index in [4.69, 9.17) is 4.74 Å². The number of ether oxygens (including phenoxy) is 1. The second kappa shape index (κ2) is 15.0. The lowest BCUT2D eigenvalue weighted by atomic mass is 10.4. The first-order chi connectivity index (χ1) is 8.28. The Balaban J connectivity index is 0. The van der Waals surface area contributed by atoms with Gasteiger partial charge in [0.2, 0.25) is 0 Å². The molecule has 0 heterocycles. The monoisotopic (exact) mass is 372 g/mol. The van der Waals surface area contributed by atoms with Gasteiger partial charge >= 0.3 is 0 Å². The van der Waals surface area contributed by atoms with Crippen molar-refractivity contribution in [2.24, 2.45) is 4.99 Å². The van der Waals surface area contributed by atoms with E-state index in [0.29, 0.717) is 0 Å². The number of hydrogen-bond acceptors (Lipinski definition) is 3. The fourth-order valence-corrected chi connectivity index (χ4v) is 1.52. The molecule has 6 heteroatoms. The zero-order chi connectivity index (χ0) is 12.9. The lowest BCUT2D eigenvalue weighted by molar-refractivity contribution is 0.195. The summed E-state index contributed by atoms with van der Waals surface area (Å²) in [5.74, 6) is 0.869. The Morgan fingerprint density at radius 2 is 1.78 bits per heavy atom. The summed E-state index contributed by atoms with van der Waals surface area (Å²) in [7, 11) is 3.51. The fraction of sp³-hybridized carbons (Fsp3) is 0.917. The van der Waals surface area contributed by atoms with E-state index in [1.54, 1.807) is 14.2 Å². The average molecular weight is 372 g/mol. The molecule has 0 saturated carbocycles. The van der Waals surface area contributed by atoms with E-state index >= 15 is 0 Å². The number of nitrogens with zero attached hydrogens (tertiary/aromatic N) is 2. The van der Waals surface area contributed by atoms with Gasteiger partial charge in [0.05, 0.1) is 0 Å². The van der Waals surface area contributed by atoms with Crippen molar-refractivity contribution in [1.29, 1.82) is 0 Å². The summed E-state index contributed by atoms with van der Waals surface area (Å²) in [5, 5.41) is 6.56. The average Bonchev–Trinajstić information content (AvgIpc) is 2.37. The molecule has 0 aromatic carbocycles. The molecule has 0 aromatic rings. The highest BCUT2D eigenvalue weighted by Crippen LogP contribution is 1.84. The lowest BCUT2D eigenvalue weighted by Gasteiger charge is -2.19. The number of methoxy groups -OCH3 is 1. The van der Waals surface area contributed by atoms with E-state index in [1.165, 1.54) is 0 Å². The van der Waals surface area contributed by atoms with Gasteiger partial charge in [0.1, 0.15) is 0 Å². The third-order valence-electron chi connectivity index (χ3n) is 2.66. The maximum atomic E-state index is 4.99. The van der Waals surface area contributed by atoms with E-state index in [-0.39, 0.29) is 24.0 Å². The van der Waals surface area contributed by atoms with Crippen molar-refractivity contribution < 1.29 is 4.74 Å². The Bertz CT molecular complexity index is 199. The molecule has 0 spiro atoms. The number of aliphatic imine (C=N–C) groups is 1. The highest BCUT2D eigenvalue weighted by molar-refractivity contribution is 14.0. The topological polar surface area (TPSA) is 48.9 Å². The number of likely N-dealkylation sites (N-methyl/N-ethyl adjacent to an activating group) is 1. The molecular weight excluding hydrogens is 343 g/mol. The third kappa shape index (κ3) is 11.0. The summed E-state index contributed by atoms with van der Waals surface area (Å²) < 4.78 is 4.99. The van der Waals surface area contributed by atoms with Gasteiger partial charge in [-0.1, -0.05) is 13.8 Å². The summed E-state index contributed by atoms with van der Waals surface area (Å²) in [6.07, 6.45) is 0.993. The van der Waals surface area contributed by atoms with Crippen LogP contribution < -0.4 is 10.6 Å². The smallest absolute Gasteiger partial charge is 0.191 e. The maximum Gasteiger partial charge on any atom is 0.191 e. The number of nitrogens with one attached hydrogen (secondary N) is 2. The molecule has 0 radical (unpaired) electrons. The molecule has 0 atom stereocenters. The van der Waals surface area contributed by atoms with Crippen LogP contribution in [-0.2, 0) is 4.74 Å². The van der Waals surface area contributed by atoms with Crippen LogP contribution in [0.5, 0.6) is 0 Å². The Labute approximate surface area is 129 Å². The van der Waals surface area contributed by atoms with Crippen LogP contribution in [0.2, 0.25) is 0 Å². The quantitative estimate of drug-likeness (QED) is 0.276. The summed E-state index contributed by atoms with van der Waals surface area (Å²) in [6, 6.07) is 0. The highest BCUT2D eigenvalue weighted by atomic mass is 127. The highest BCUT2D eigenvalue weighted by Gasteiger charge is 2.00. The predicted molar refractivity (Wildman–Crippen MR) is 89.1 cm³/mol. The zero-order valence-corrected chi connectivity index (χ0v) is 14.5. The summed E-state index contributed by atoms with van der Waals surface area (Å²) in [5.41, 5.74) is 0. The predicted octanol–water partition coefficient (Wildman–Crippen LogP) is 1.15. The number of guanidine groups is 1. The maximum absolute atomic E-state index is 4.99. The SMILES string of the molecule is CCN(CC)CCNC(=NC)NCCCOC.I. The Morgan fingerprint density at radius 3 is 2.28 bits per heavy atom. The van der Waals surface area contributed by atoms with E-state index in [1.807, 2.05) is 0 Å². The van der Waals surface area contributed by atoms with E-state index < -0.39 is 0 Å². The van der Waals surface area contributed by atoms with Crippen LogP contribution in [0.4, 0.5) is 0 Å². The molecule has 2 N–H and O–H groups in total. The van der Waals surface area contributed by atoms with Crippen molar-refractivity contribution in [3.8, 4) is 0 Å². The van der Waals surface area contributed by atoms with Gasteiger partial charge in [0, 0.05) is 40.4 Å². The first-order valence-corrected chi connectivity index (χ1v) is 6.44. The van der Waals surface area contributed by atoms with Crippen molar-refractivity contribution in [1.82, 2.24) is 15.5 Å². The molecule has 0 rings (SSSR count). The second-order valence-corrected chi connectivity index (χ2v) is 3.80. The lowest BCUT2D eigenvalue weighted by Crippen LogP contribution is -2.42. The van der Waals surface area contributed by atoms with E-state index in [2.05, 4.69) is 34.4 Å². The molecule has 5 nitrogen and oxygen atoms in total. The van der Waals surface area contributed by atoms with Crippen LogP contribution >= 0.6 is 24.0 Å².